The molecule has 2 N–H and O–H groups in total. The maximum absolute atomic E-state index is 11.2. The standard InChI is InChI=1S/C28H33ClN2O3/c1-25-10-12-27(29)14-20-23(32)24(33)21(31(2)3)15-26(20)11-13-28(27,34-26)22(25)9-8-19(25)18-6-4-17(16-30)5-7-18/h4-8,14,21-24,32-33H,9-13,15H2,1-3H3. The van der Waals surface area contributed by atoms with Crippen LogP contribution in [-0.4, -0.2) is 63.5 Å². The van der Waals surface area contributed by atoms with E-state index in [1.807, 2.05) is 31.1 Å². The van der Waals surface area contributed by atoms with Gasteiger partial charge in [-0.3, -0.25) is 0 Å². The van der Waals surface area contributed by atoms with Gasteiger partial charge in [-0.15, -0.1) is 11.6 Å². The van der Waals surface area contributed by atoms with Crippen molar-refractivity contribution in [3.63, 3.8) is 0 Å². The number of ether oxygens (including phenoxy) is 1. The average Bonchev–Trinajstić information content (AvgIpc) is 3.35. The van der Waals surface area contributed by atoms with E-state index in [1.165, 1.54) is 11.1 Å². The molecule has 5 nitrogen and oxygen atoms in total. The lowest BCUT2D eigenvalue weighted by Crippen LogP contribution is -2.68. The largest absolute Gasteiger partial charge is 0.388 e. The molecule has 3 fully saturated rings. The molecule has 1 aromatic carbocycles. The van der Waals surface area contributed by atoms with Gasteiger partial charge in [0.1, 0.15) is 6.10 Å². The van der Waals surface area contributed by atoms with Gasteiger partial charge in [0.2, 0.25) is 0 Å². The van der Waals surface area contributed by atoms with E-state index in [-0.39, 0.29) is 17.4 Å². The highest BCUT2D eigenvalue weighted by atomic mass is 35.5. The third kappa shape index (κ3) is 2.70. The van der Waals surface area contributed by atoms with Crippen LogP contribution in [0.1, 0.15) is 56.6 Å². The summed E-state index contributed by atoms with van der Waals surface area (Å²) < 4.78 is 7.21. The second-order valence-corrected chi connectivity index (χ2v) is 12.3. The lowest BCUT2D eigenvalue weighted by molar-refractivity contribution is -0.199. The van der Waals surface area contributed by atoms with Crippen LogP contribution in [0.25, 0.3) is 5.57 Å². The van der Waals surface area contributed by atoms with E-state index in [4.69, 9.17) is 16.3 Å². The Bertz CT molecular complexity index is 1140. The summed E-state index contributed by atoms with van der Waals surface area (Å²) in [7, 11) is 3.90. The fraction of sp³-hybridized carbons (Fsp3) is 0.607. The van der Waals surface area contributed by atoms with E-state index in [1.54, 1.807) is 0 Å². The normalized spacial score (nSPS) is 46.8. The van der Waals surface area contributed by atoms with Crippen molar-refractivity contribution in [3.8, 4) is 6.07 Å². The number of allylic oxidation sites excluding steroid dienone is 2. The topological polar surface area (TPSA) is 76.7 Å². The fourth-order valence-corrected chi connectivity index (χ4v) is 8.63. The summed E-state index contributed by atoms with van der Waals surface area (Å²) in [6.45, 7) is 2.36. The first-order chi connectivity index (χ1) is 16.1. The molecule has 1 aromatic rings. The van der Waals surface area contributed by atoms with Crippen molar-refractivity contribution in [2.75, 3.05) is 14.1 Å². The number of fused-ring (bicyclic) bond motifs is 1. The van der Waals surface area contributed by atoms with E-state index >= 15 is 0 Å². The van der Waals surface area contributed by atoms with Crippen LogP contribution in [0.5, 0.6) is 0 Å². The Labute approximate surface area is 206 Å². The molecule has 2 spiro atoms. The zero-order chi connectivity index (χ0) is 24.1. The highest BCUT2D eigenvalue weighted by Gasteiger charge is 2.73. The molecular formula is C28H33ClN2O3. The minimum Gasteiger partial charge on any atom is -0.388 e. The van der Waals surface area contributed by atoms with Crippen molar-refractivity contribution in [3.05, 3.63) is 53.1 Å². The Morgan fingerprint density at radius 1 is 1.12 bits per heavy atom. The molecule has 2 bridgehead atoms. The Balaban J connectivity index is 1.41. The first-order valence-corrected chi connectivity index (χ1v) is 12.8. The minimum absolute atomic E-state index is 0.0723. The molecule has 34 heavy (non-hydrogen) atoms. The van der Waals surface area contributed by atoms with E-state index in [9.17, 15) is 15.5 Å². The van der Waals surface area contributed by atoms with Gasteiger partial charge in [-0.1, -0.05) is 31.2 Å². The van der Waals surface area contributed by atoms with Crippen LogP contribution in [0, 0.1) is 22.7 Å². The van der Waals surface area contributed by atoms with Gasteiger partial charge >= 0.3 is 0 Å². The number of rotatable bonds is 2. The summed E-state index contributed by atoms with van der Waals surface area (Å²) in [6.07, 6.45) is 7.58. The predicted molar refractivity (Wildman–Crippen MR) is 131 cm³/mol. The predicted octanol–water partition coefficient (Wildman–Crippen LogP) is 4.02. The summed E-state index contributed by atoms with van der Waals surface area (Å²) in [6, 6.07) is 9.96. The number of hydrogen-bond donors (Lipinski definition) is 2. The van der Waals surface area contributed by atoms with Crippen molar-refractivity contribution in [2.45, 2.75) is 79.8 Å². The number of alkyl halides is 1. The second kappa shape index (κ2) is 7.18. The number of likely N-dealkylation sites (N-methyl/N-ethyl adjacent to an activating group) is 1. The lowest BCUT2D eigenvalue weighted by Gasteiger charge is -2.61. The molecule has 8 atom stereocenters. The minimum atomic E-state index is -0.961. The lowest BCUT2D eigenvalue weighted by atomic mass is 9.54. The number of halogens is 1. The third-order valence-corrected chi connectivity index (χ3v) is 10.6. The quantitative estimate of drug-likeness (QED) is 0.494. The second-order valence-electron chi connectivity index (χ2n) is 11.6. The zero-order valence-electron chi connectivity index (χ0n) is 20.1. The van der Waals surface area contributed by atoms with Crippen LogP contribution in [0.2, 0.25) is 0 Å². The third-order valence-electron chi connectivity index (χ3n) is 9.97. The molecule has 0 radical (unpaired) electrons. The fourth-order valence-electron chi connectivity index (χ4n) is 8.15. The molecule has 6 rings (SSSR count). The number of aliphatic hydroxyl groups excluding tert-OH is 2. The maximum Gasteiger partial charge on any atom is 0.105 e. The van der Waals surface area contributed by atoms with Gasteiger partial charge in [0.05, 0.1) is 33.8 Å². The van der Waals surface area contributed by atoms with Gasteiger partial charge in [0.15, 0.2) is 0 Å². The Morgan fingerprint density at radius 2 is 1.85 bits per heavy atom. The Kier molecular flexibility index (Phi) is 4.81. The van der Waals surface area contributed by atoms with Crippen LogP contribution in [0.4, 0.5) is 0 Å². The number of aliphatic hydroxyl groups is 2. The van der Waals surface area contributed by atoms with Gasteiger partial charge in [-0.2, -0.15) is 5.26 Å². The summed E-state index contributed by atoms with van der Waals surface area (Å²) in [4.78, 5) is 1.31. The van der Waals surface area contributed by atoms with Crippen LogP contribution in [0.15, 0.2) is 42.0 Å². The summed E-state index contributed by atoms with van der Waals surface area (Å²) >= 11 is 7.49. The first kappa shape index (κ1) is 22.8. The zero-order valence-corrected chi connectivity index (χ0v) is 20.8. The van der Waals surface area contributed by atoms with E-state index in [0.717, 1.165) is 37.7 Å². The van der Waals surface area contributed by atoms with Crippen LogP contribution >= 0.6 is 11.6 Å². The molecule has 8 unspecified atom stereocenters. The van der Waals surface area contributed by atoms with Crippen LogP contribution in [0.3, 0.4) is 0 Å². The number of nitriles is 1. The molecule has 180 valence electrons. The average molecular weight is 481 g/mol. The molecule has 3 aliphatic carbocycles. The number of nitrogens with zero attached hydrogens (tertiary/aromatic N) is 2. The molecule has 6 heteroatoms. The van der Waals surface area contributed by atoms with E-state index in [2.05, 4.69) is 37.3 Å². The molecular weight excluding hydrogens is 448 g/mol. The molecule has 0 amide bonds. The summed E-state index contributed by atoms with van der Waals surface area (Å²) in [5.74, 6) is 0.232. The van der Waals surface area contributed by atoms with Crippen molar-refractivity contribution >= 4 is 17.2 Å². The van der Waals surface area contributed by atoms with Crippen LogP contribution in [-0.2, 0) is 4.74 Å². The maximum atomic E-state index is 11.2. The number of hydrogen-bond acceptors (Lipinski definition) is 5. The molecule has 1 saturated heterocycles. The first-order valence-electron chi connectivity index (χ1n) is 12.5. The monoisotopic (exact) mass is 480 g/mol. The summed E-state index contributed by atoms with van der Waals surface area (Å²) in [5, 5.41) is 31.2. The molecule has 5 aliphatic rings. The van der Waals surface area contributed by atoms with E-state index < -0.39 is 28.3 Å². The van der Waals surface area contributed by atoms with Gasteiger partial charge < -0.3 is 19.8 Å². The molecule has 2 saturated carbocycles. The Morgan fingerprint density at radius 3 is 2.53 bits per heavy atom. The molecule has 2 aliphatic heterocycles. The van der Waals surface area contributed by atoms with Gasteiger partial charge in [0.25, 0.3) is 0 Å². The van der Waals surface area contributed by atoms with Crippen molar-refractivity contribution in [2.24, 2.45) is 11.3 Å². The summed E-state index contributed by atoms with van der Waals surface area (Å²) in [5.41, 5.74) is 2.83. The van der Waals surface area contributed by atoms with Gasteiger partial charge in [-0.05, 0) is 86.9 Å². The van der Waals surface area contributed by atoms with Crippen molar-refractivity contribution in [1.82, 2.24) is 4.90 Å². The number of benzene rings is 1. The SMILES string of the molecule is CN(C)C1CC23CCC4(O2)C2CC=C(c5ccc(C#N)cc5)C2(C)CCC4(Cl)C=C3C(O)C1O. The van der Waals surface area contributed by atoms with E-state index in [0.29, 0.717) is 12.0 Å². The van der Waals surface area contributed by atoms with Gasteiger partial charge in [-0.25, -0.2) is 0 Å². The Hall–Kier alpha value is -1.68. The smallest absolute Gasteiger partial charge is 0.105 e. The highest BCUT2D eigenvalue weighted by Crippen LogP contribution is 2.71. The van der Waals surface area contributed by atoms with Crippen molar-refractivity contribution in [1.29, 1.82) is 5.26 Å². The van der Waals surface area contributed by atoms with Crippen molar-refractivity contribution < 1.29 is 14.9 Å². The highest BCUT2D eigenvalue weighted by molar-refractivity contribution is 6.26. The molecule has 2 heterocycles. The van der Waals surface area contributed by atoms with Gasteiger partial charge in [0, 0.05) is 12.0 Å². The van der Waals surface area contributed by atoms with Crippen LogP contribution < -0.4 is 0 Å². The molecule has 0 aromatic heterocycles.